The van der Waals surface area contributed by atoms with Gasteiger partial charge in [-0.15, -0.1) is 12.1 Å². The van der Waals surface area contributed by atoms with Crippen molar-refractivity contribution in [2.24, 2.45) is 0 Å². The van der Waals surface area contributed by atoms with Crippen LogP contribution >= 0.6 is 0 Å². The second kappa shape index (κ2) is 5.42. The van der Waals surface area contributed by atoms with Crippen LogP contribution in [-0.2, 0) is 0 Å². The van der Waals surface area contributed by atoms with Gasteiger partial charge in [-0.05, 0) is 5.92 Å². The SMILES string of the molecule is C[C-](C)c1ccc(C(C)C)cc1.[Li+]. The Bertz CT molecular complexity index is 207. The number of hydrogen-bond donors (Lipinski definition) is 0. The summed E-state index contributed by atoms with van der Waals surface area (Å²) in [6.45, 7) is 8.73. The molecule has 0 spiro atoms. The van der Waals surface area contributed by atoms with Gasteiger partial charge in [-0.1, -0.05) is 33.3 Å². The summed E-state index contributed by atoms with van der Waals surface area (Å²) >= 11 is 0. The third-order valence-electron chi connectivity index (χ3n) is 2.15. The Hall–Kier alpha value is -0.313. The van der Waals surface area contributed by atoms with Crippen molar-refractivity contribution in [2.45, 2.75) is 33.6 Å². The van der Waals surface area contributed by atoms with Crippen LogP contribution in [0.5, 0.6) is 0 Å². The summed E-state index contributed by atoms with van der Waals surface area (Å²) in [5, 5.41) is 0. The first kappa shape index (κ1) is 12.7. The van der Waals surface area contributed by atoms with Crippen molar-refractivity contribution < 1.29 is 18.9 Å². The fourth-order valence-corrected chi connectivity index (χ4v) is 1.20. The Kier molecular flexibility index (Phi) is 5.29. The third-order valence-corrected chi connectivity index (χ3v) is 2.15. The van der Waals surface area contributed by atoms with E-state index in [4.69, 9.17) is 0 Å². The van der Waals surface area contributed by atoms with Gasteiger partial charge in [0.1, 0.15) is 0 Å². The molecule has 0 saturated carbocycles. The Morgan fingerprint density at radius 3 is 1.77 bits per heavy atom. The van der Waals surface area contributed by atoms with Gasteiger partial charge >= 0.3 is 18.9 Å². The fraction of sp³-hybridized carbons (Fsp3) is 0.417. The van der Waals surface area contributed by atoms with Gasteiger partial charge in [0.2, 0.25) is 0 Å². The Morgan fingerprint density at radius 1 is 1.00 bits per heavy atom. The molecule has 66 valence electrons. The largest absolute Gasteiger partial charge is 1.00 e. The fourth-order valence-electron chi connectivity index (χ4n) is 1.20. The van der Waals surface area contributed by atoms with Crippen molar-refractivity contribution in [2.75, 3.05) is 0 Å². The minimum Gasteiger partial charge on any atom is -0.189 e. The molecule has 13 heavy (non-hydrogen) atoms. The van der Waals surface area contributed by atoms with Crippen molar-refractivity contribution in [3.8, 4) is 0 Å². The molecule has 0 unspecified atom stereocenters. The van der Waals surface area contributed by atoms with Crippen LogP contribution in [0.1, 0.15) is 44.7 Å². The molecule has 0 aliphatic carbocycles. The Labute approximate surface area is 93.9 Å². The molecule has 0 aliphatic heterocycles. The molecule has 0 bridgehead atoms. The van der Waals surface area contributed by atoms with E-state index in [9.17, 15) is 0 Å². The van der Waals surface area contributed by atoms with Crippen molar-refractivity contribution in [1.29, 1.82) is 0 Å². The van der Waals surface area contributed by atoms with E-state index in [1.54, 1.807) is 0 Å². The molecule has 0 N–H and O–H groups in total. The molecular formula is C12H17Li. The van der Waals surface area contributed by atoms with Crippen molar-refractivity contribution in [1.82, 2.24) is 0 Å². The Morgan fingerprint density at radius 2 is 1.46 bits per heavy atom. The summed E-state index contributed by atoms with van der Waals surface area (Å²) in [6, 6.07) is 8.83. The number of benzene rings is 1. The third kappa shape index (κ3) is 3.51. The standard InChI is InChI=1S/C12H17.Li/c1-9(2)11-5-7-12(8-6-11)10(3)4;/h5-9H,1-4H3;/q-1;+1. The molecule has 0 aromatic heterocycles. The molecule has 0 fully saturated rings. The Balaban J connectivity index is 0.00000144. The normalized spacial score (nSPS) is 9.62. The van der Waals surface area contributed by atoms with Gasteiger partial charge in [0, 0.05) is 0 Å². The van der Waals surface area contributed by atoms with Gasteiger partial charge in [-0.25, -0.2) is 0 Å². The van der Waals surface area contributed by atoms with E-state index in [1.807, 2.05) is 0 Å². The molecule has 1 aromatic rings. The van der Waals surface area contributed by atoms with Gasteiger partial charge in [0.15, 0.2) is 0 Å². The van der Waals surface area contributed by atoms with Gasteiger partial charge in [0.05, 0.1) is 0 Å². The predicted octanol–water partition coefficient (Wildman–Crippen LogP) is 0.776. The minimum atomic E-state index is 0. The van der Waals surface area contributed by atoms with Crippen LogP contribution in [0.4, 0.5) is 0 Å². The van der Waals surface area contributed by atoms with E-state index in [2.05, 4.69) is 52.0 Å². The van der Waals surface area contributed by atoms with Crippen LogP contribution in [0.3, 0.4) is 0 Å². The van der Waals surface area contributed by atoms with Crippen LogP contribution in [0.25, 0.3) is 0 Å². The van der Waals surface area contributed by atoms with Gasteiger partial charge in [-0.2, -0.15) is 23.6 Å². The molecule has 0 saturated heterocycles. The van der Waals surface area contributed by atoms with Crippen LogP contribution in [0.15, 0.2) is 24.3 Å². The van der Waals surface area contributed by atoms with Gasteiger partial charge in [-0.3, -0.25) is 0 Å². The maximum absolute atomic E-state index is 2.22. The van der Waals surface area contributed by atoms with E-state index in [0.29, 0.717) is 5.92 Å². The maximum atomic E-state index is 2.22. The van der Waals surface area contributed by atoms with E-state index < -0.39 is 0 Å². The molecule has 0 nitrogen and oxygen atoms in total. The first-order valence-electron chi connectivity index (χ1n) is 4.51. The molecular weight excluding hydrogens is 151 g/mol. The van der Waals surface area contributed by atoms with Crippen molar-refractivity contribution in [3.63, 3.8) is 0 Å². The van der Waals surface area contributed by atoms with Crippen molar-refractivity contribution >= 4 is 0 Å². The second-order valence-electron chi connectivity index (χ2n) is 3.78. The minimum absolute atomic E-state index is 0. The summed E-state index contributed by atoms with van der Waals surface area (Å²) in [7, 11) is 0. The second-order valence-corrected chi connectivity index (χ2v) is 3.78. The zero-order valence-electron chi connectivity index (χ0n) is 9.39. The van der Waals surface area contributed by atoms with E-state index in [1.165, 1.54) is 17.0 Å². The monoisotopic (exact) mass is 168 g/mol. The maximum Gasteiger partial charge on any atom is 1.00 e. The first-order valence-corrected chi connectivity index (χ1v) is 4.51. The summed E-state index contributed by atoms with van der Waals surface area (Å²) in [4.78, 5) is 0. The average Bonchev–Trinajstić information content (AvgIpc) is 2.04. The van der Waals surface area contributed by atoms with Gasteiger partial charge in [0.25, 0.3) is 0 Å². The molecule has 1 rings (SSSR count). The van der Waals surface area contributed by atoms with Crippen molar-refractivity contribution in [3.05, 3.63) is 41.3 Å². The average molecular weight is 168 g/mol. The van der Waals surface area contributed by atoms with Crippen LogP contribution in [0, 0.1) is 5.92 Å². The summed E-state index contributed by atoms with van der Waals surface area (Å²) in [5.41, 5.74) is 2.76. The van der Waals surface area contributed by atoms with Crippen LogP contribution in [-0.4, -0.2) is 0 Å². The summed E-state index contributed by atoms with van der Waals surface area (Å²) in [5.74, 6) is 2.02. The zero-order valence-corrected chi connectivity index (χ0v) is 9.39. The molecule has 1 heteroatoms. The van der Waals surface area contributed by atoms with Gasteiger partial charge < -0.3 is 0 Å². The molecule has 0 radical (unpaired) electrons. The molecule has 1 aromatic carbocycles. The first-order chi connectivity index (χ1) is 5.61. The zero-order chi connectivity index (χ0) is 9.14. The quantitative estimate of drug-likeness (QED) is 0.452. The number of rotatable bonds is 2. The molecule has 0 atom stereocenters. The molecule has 0 amide bonds. The van der Waals surface area contributed by atoms with E-state index in [0.717, 1.165) is 0 Å². The van der Waals surface area contributed by atoms with E-state index >= 15 is 0 Å². The van der Waals surface area contributed by atoms with Crippen LogP contribution in [0.2, 0.25) is 0 Å². The predicted molar refractivity (Wildman–Crippen MR) is 54.2 cm³/mol. The molecule has 0 aliphatic rings. The summed E-state index contributed by atoms with van der Waals surface area (Å²) < 4.78 is 0. The topological polar surface area (TPSA) is 0 Å². The number of hydrogen-bond acceptors (Lipinski definition) is 0. The summed E-state index contributed by atoms with van der Waals surface area (Å²) in [6.07, 6.45) is 0. The van der Waals surface area contributed by atoms with E-state index in [-0.39, 0.29) is 18.9 Å². The smallest absolute Gasteiger partial charge is 0.189 e. The van der Waals surface area contributed by atoms with Crippen LogP contribution < -0.4 is 18.9 Å². The molecule has 0 heterocycles.